The van der Waals surface area contributed by atoms with Crippen LogP contribution >= 0.6 is 23.4 Å². The van der Waals surface area contributed by atoms with Gasteiger partial charge in [-0.25, -0.2) is 0 Å². The van der Waals surface area contributed by atoms with Crippen molar-refractivity contribution in [3.8, 4) is 11.5 Å². The van der Waals surface area contributed by atoms with Gasteiger partial charge in [0.15, 0.2) is 0 Å². The van der Waals surface area contributed by atoms with Gasteiger partial charge < -0.3 is 4.42 Å². The molecule has 100 valence electrons. The fraction of sp³-hybridized carbons (Fsp3) is 0.0667. The zero-order valence-corrected chi connectivity index (χ0v) is 12.1. The van der Waals surface area contributed by atoms with Crippen LogP contribution in [0.25, 0.3) is 11.5 Å². The van der Waals surface area contributed by atoms with Crippen molar-refractivity contribution in [1.29, 1.82) is 0 Å². The van der Waals surface area contributed by atoms with Crippen molar-refractivity contribution >= 4 is 23.4 Å². The number of aromatic nitrogens is 2. The first kappa shape index (κ1) is 13.2. The van der Waals surface area contributed by atoms with Crippen molar-refractivity contribution in [1.82, 2.24) is 10.2 Å². The molecule has 20 heavy (non-hydrogen) atoms. The molecular weight excluding hydrogens is 292 g/mol. The number of hydrogen-bond donors (Lipinski definition) is 0. The SMILES string of the molecule is Clc1ccccc1SCc1nnc(-c2ccccc2)o1. The summed E-state index contributed by atoms with van der Waals surface area (Å²) in [6, 6.07) is 17.4. The molecule has 1 heterocycles. The van der Waals surface area contributed by atoms with Crippen molar-refractivity contribution in [3.63, 3.8) is 0 Å². The van der Waals surface area contributed by atoms with Gasteiger partial charge in [0.1, 0.15) is 0 Å². The molecule has 0 bridgehead atoms. The van der Waals surface area contributed by atoms with Gasteiger partial charge in [0.25, 0.3) is 0 Å². The van der Waals surface area contributed by atoms with E-state index in [1.54, 1.807) is 11.8 Å². The zero-order chi connectivity index (χ0) is 13.8. The molecule has 0 aliphatic heterocycles. The standard InChI is InChI=1S/C15H11ClN2OS/c16-12-8-4-5-9-13(12)20-10-14-17-18-15(19-14)11-6-2-1-3-7-11/h1-9H,10H2. The Labute approximate surface area is 126 Å². The van der Waals surface area contributed by atoms with E-state index in [1.807, 2.05) is 54.6 Å². The Morgan fingerprint density at radius 2 is 1.70 bits per heavy atom. The Kier molecular flexibility index (Phi) is 4.04. The van der Waals surface area contributed by atoms with E-state index in [9.17, 15) is 0 Å². The van der Waals surface area contributed by atoms with Crippen LogP contribution in [0, 0.1) is 0 Å². The molecular formula is C15H11ClN2OS. The molecule has 0 fully saturated rings. The van der Waals surface area contributed by atoms with Crippen molar-refractivity contribution in [2.24, 2.45) is 0 Å². The summed E-state index contributed by atoms with van der Waals surface area (Å²) < 4.78 is 5.65. The summed E-state index contributed by atoms with van der Waals surface area (Å²) in [6.07, 6.45) is 0. The highest BCUT2D eigenvalue weighted by Gasteiger charge is 2.09. The maximum absolute atomic E-state index is 6.10. The summed E-state index contributed by atoms with van der Waals surface area (Å²) in [5.74, 6) is 1.73. The third-order valence-electron chi connectivity index (χ3n) is 2.68. The lowest BCUT2D eigenvalue weighted by molar-refractivity contribution is 0.528. The minimum Gasteiger partial charge on any atom is -0.420 e. The van der Waals surface area contributed by atoms with Crippen LogP contribution in [0.15, 0.2) is 63.9 Å². The Balaban J connectivity index is 1.71. The Morgan fingerprint density at radius 3 is 2.50 bits per heavy atom. The van der Waals surface area contributed by atoms with Crippen molar-refractivity contribution in [3.05, 3.63) is 65.5 Å². The monoisotopic (exact) mass is 302 g/mol. The molecule has 2 aromatic carbocycles. The van der Waals surface area contributed by atoms with Crippen LogP contribution in [0.1, 0.15) is 5.89 Å². The van der Waals surface area contributed by atoms with Gasteiger partial charge in [0.2, 0.25) is 11.8 Å². The Bertz CT molecular complexity index is 700. The van der Waals surface area contributed by atoms with Crippen LogP contribution in [0.5, 0.6) is 0 Å². The van der Waals surface area contributed by atoms with E-state index in [1.165, 1.54) is 0 Å². The van der Waals surface area contributed by atoms with Gasteiger partial charge in [0.05, 0.1) is 10.8 Å². The number of rotatable bonds is 4. The first-order valence-electron chi connectivity index (χ1n) is 6.08. The van der Waals surface area contributed by atoms with Gasteiger partial charge in [0, 0.05) is 10.5 Å². The number of nitrogens with zero attached hydrogens (tertiary/aromatic N) is 2. The number of halogens is 1. The zero-order valence-electron chi connectivity index (χ0n) is 10.5. The number of thioether (sulfide) groups is 1. The second-order valence-electron chi connectivity index (χ2n) is 4.09. The Hall–Kier alpha value is -1.78. The predicted octanol–water partition coefficient (Wildman–Crippen LogP) is 4.68. The molecule has 0 saturated heterocycles. The maximum atomic E-state index is 6.10. The largest absolute Gasteiger partial charge is 0.420 e. The fourth-order valence-corrected chi connectivity index (χ4v) is 2.79. The second-order valence-corrected chi connectivity index (χ2v) is 5.51. The first-order chi connectivity index (χ1) is 9.83. The van der Waals surface area contributed by atoms with E-state index in [-0.39, 0.29) is 0 Å². The van der Waals surface area contributed by atoms with Crippen LogP contribution in [-0.4, -0.2) is 10.2 Å². The second kappa shape index (κ2) is 6.11. The normalized spacial score (nSPS) is 10.7. The molecule has 0 radical (unpaired) electrons. The van der Waals surface area contributed by atoms with Gasteiger partial charge in [-0.1, -0.05) is 41.9 Å². The smallest absolute Gasteiger partial charge is 0.247 e. The summed E-state index contributed by atoms with van der Waals surface area (Å²) >= 11 is 7.68. The van der Waals surface area contributed by atoms with Crippen molar-refractivity contribution in [2.75, 3.05) is 0 Å². The van der Waals surface area contributed by atoms with Crippen molar-refractivity contribution < 1.29 is 4.42 Å². The van der Waals surface area contributed by atoms with Crippen LogP contribution in [0.3, 0.4) is 0 Å². The molecule has 3 nitrogen and oxygen atoms in total. The van der Waals surface area contributed by atoms with Crippen LogP contribution in [0.2, 0.25) is 5.02 Å². The average Bonchev–Trinajstić information content (AvgIpc) is 2.96. The van der Waals surface area contributed by atoms with Crippen LogP contribution < -0.4 is 0 Å². The predicted molar refractivity (Wildman–Crippen MR) is 80.7 cm³/mol. The summed E-state index contributed by atoms with van der Waals surface area (Å²) in [5, 5.41) is 8.85. The molecule has 5 heteroatoms. The van der Waals surface area contributed by atoms with E-state index in [2.05, 4.69) is 10.2 Å². The Morgan fingerprint density at radius 1 is 0.950 bits per heavy atom. The molecule has 0 aliphatic carbocycles. The van der Waals surface area contributed by atoms with Crippen LogP contribution in [0.4, 0.5) is 0 Å². The molecule has 3 rings (SSSR count). The van der Waals surface area contributed by atoms with E-state index in [0.717, 1.165) is 15.5 Å². The van der Waals surface area contributed by atoms with Gasteiger partial charge in [-0.15, -0.1) is 22.0 Å². The molecule has 0 N–H and O–H groups in total. The quantitative estimate of drug-likeness (QED) is 0.656. The van der Waals surface area contributed by atoms with E-state index >= 15 is 0 Å². The lowest BCUT2D eigenvalue weighted by Crippen LogP contribution is -1.81. The van der Waals surface area contributed by atoms with Crippen molar-refractivity contribution in [2.45, 2.75) is 10.6 Å². The molecule has 0 amide bonds. The fourth-order valence-electron chi connectivity index (χ4n) is 1.71. The van der Waals surface area contributed by atoms with Gasteiger partial charge in [-0.05, 0) is 24.3 Å². The summed E-state index contributed by atoms with van der Waals surface area (Å²) in [5.41, 5.74) is 0.925. The van der Waals surface area contributed by atoms with E-state index < -0.39 is 0 Å². The number of hydrogen-bond acceptors (Lipinski definition) is 4. The topological polar surface area (TPSA) is 38.9 Å². The first-order valence-corrected chi connectivity index (χ1v) is 7.44. The third kappa shape index (κ3) is 3.03. The summed E-state index contributed by atoms with van der Waals surface area (Å²) in [4.78, 5) is 1.01. The van der Waals surface area contributed by atoms with E-state index in [0.29, 0.717) is 17.5 Å². The van der Waals surface area contributed by atoms with E-state index in [4.69, 9.17) is 16.0 Å². The minimum atomic E-state index is 0.542. The third-order valence-corrected chi connectivity index (χ3v) is 4.18. The van der Waals surface area contributed by atoms with Gasteiger partial charge in [-0.2, -0.15) is 0 Å². The van der Waals surface area contributed by atoms with Gasteiger partial charge >= 0.3 is 0 Å². The highest BCUT2D eigenvalue weighted by atomic mass is 35.5. The summed E-state index contributed by atoms with van der Waals surface area (Å²) in [7, 11) is 0. The highest BCUT2D eigenvalue weighted by Crippen LogP contribution is 2.29. The molecule has 0 aliphatic rings. The highest BCUT2D eigenvalue weighted by molar-refractivity contribution is 7.98. The molecule has 0 unspecified atom stereocenters. The molecule has 0 atom stereocenters. The summed E-state index contributed by atoms with van der Waals surface area (Å²) in [6.45, 7) is 0. The lowest BCUT2D eigenvalue weighted by Gasteiger charge is -2.00. The average molecular weight is 303 g/mol. The van der Waals surface area contributed by atoms with Gasteiger partial charge in [-0.3, -0.25) is 0 Å². The number of benzene rings is 2. The maximum Gasteiger partial charge on any atom is 0.247 e. The molecule has 0 spiro atoms. The minimum absolute atomic E-state index is 0.542. The van der Waals surface area contributed by atoms with Crippen LogP contribution in [-0.2, 0) is 5.75 Å². The molecule has 1 aromatic heterocycles. The molecule has 3 aromatic rings. The lowest BCUT2D eigenvalue weighted by atomic mass is 10.2. The molecule has 0 saturated carbocycles.